The minimum absolute atomic E-state index is 0.126. The van der Waals surface area contributed by atoms with Gasteiger partial charge in [-0.2, -0.15) is 0 Å². The van der Waals surface area contributed by atoms with Gasteiger partial charge < -0.3 is 15.7 Å². The van der Waals surface area contributed by atoms with Crippen LogP contribution in [0.1, 0.15) is 63.1 Å². The monoisotopic (exact) mass is 394 g/mol. The fourth-order valence-corrected chi connectivity index (χ4v) is 3.83. The van der Waals surface area contributed by atoms with Gasteiger partial charge in [0.25, 0.3) is 0 Å². The average molecular weight is 395 g/mol. The zero-order valence-electron chi connectivity index (χ0n) is 17.9. The molecule has 2 atom stereocenters. The summed E-state index contributed by atoms with van der Waals surface area (Å²) in [6, 6.07) is 11.8. The van der Waals surface area contributed by atoms with Gasteiger partial charge >= 0.3 is 0 Å². The lowest BCUT2D eigenvalue weighted by molar-refractivity contribution is -0.117. The van der Waals surface area contributed by atoms with Crippen LogP contribution in [0.15, 0.2) is 36.4 Å². The van der Waals surface area contributed by atoms with Gasteiger partial charge in [0.2, 0.25) is 5.91 Å². The predicted octanol–water partition coefficient (Wildman–Crippen LogP) is 5.89. The lowest BCUT2D eigenvalue weighted by Crippen LogP contribution is -2.14. The maximum Gasteiger partial charge on any atom is 0.227 e. The molecule has 0 aromatic heterocycles. The molecule has 1 aliphatic rings. The Kier molecular flexibility index (Phi) is 7.18. The van der Waals surface area contributed by atoms with E-state index in [9.17, 15) is 9.90 Å². The number of amides is 1. The molecule has 4 nitrogen and oxygen atoms in total. The minimum Gasteiger partial charge on any atom is -0.506 e. The first kappa shape index (κ1) is 21.2. The van der Waals surface area contributed by atoms with Crippen molar-refractivity contribution in [3.63, 3.8) is 0 Å². The van der Waals surface area contributed by atoms with Crippen molar-refractivity contribution in [3.05, 3.63) is 53.1 Å². The van der Waals surface area contributed by atoms with Crippen molar-refractivity contribution >= 4 is 17.3 Å². The second-order valence-corrected chi connectivity index (χ2v) is 8.31. The molecule has 1 fully saturated rings. The molecule has 3 N–H and O–H groups in total. The number of nitrogens with one attached hydrogen (secondary N) is 2. The highest BCUT2D eigenvalue weighted by molar-refractivity contribution is 5.94. The van der Waals surface area contributed by atoms with E-state index < -0.39 is 0 Å². The van der Waals surface area contributed by atoms with Crippen LogP contribution in [0.2, 0.25) is 0 Å². The Morgan fingerprint density at radius 3 is 2.41 bits per heavy atom. The number of benzene rings is 2. The van der Waals surface area contributed by atoms with E-state index in [0.29, 0.717) is 18.2 Å². The van der Waals surface area contributed by atoms with Crippen molar-refractivity contribution in [1.29, 1.82) is 0 Å². The molecule has 0 aliphatic heterocycles. The van der Waals surface area contributed by atoms with Gasteiger partial charge in [-0.15, -0.1) is 0 Å². The number of carbonyl (C=O) groups excluding carboxylic acids is 1. The molecule has 0 heterocycles. The van der Waals surface area contributed by atoms with Crippen molar-refractivity contribution in [2.75, 3.05) is 10.6 Å². The summed E-state index contributed by atoms with van der Waals surface area (Å²) >= 11 is 0. The predicted molar refractivity (Wildman–Crippen MR) is 120 cm³/mol. The molecular weight excluding hydrogens is 360 g/mol. The molecule has 156 valence electrons. The molecule has 1 saturated carbocycles. The number of unbranched alkanes of at least 4 members (excludes halogenated alkanes) is 1. The molecule has 1 unspecified atom stereocenters. The molecule has 3 rings (SSSR count). The van der Waals surface area contributed by atoms with Gasteiger partial charge in [-0.25, -0.2) is 0 Å². The number of phenols is 1. The summed E-state index contributed by atoms with van der Waals surface area (Å²) in [6.45, 7) is 7.12. The zero-order valence-corrected chi connectivity index (χ0v) is 17.9. The number of aromatic hydroxyl groups is 1. The fourth-order valence-electron chi connectivity index (χ4n) is 3.83. The molecule has 2 aromatic carbocycles. The third-order valence-electron chi connectivity index (χ3n) is 5.82. The van der Waals surface area contributed by atoms with Crippen molar-refractivity contribution < 1.29 is 9.90 Å². The van der Waals surface area contributed by atoms with Gasteiger partial charge in [-0.05, 0) is 66.5 Å². The first-order valence-corrected chi connectivity index (χ1v) is 11.0. The molecule has 0 spiro atoms. The summed E-state index contributed by atoms with van der Waals surface area (Å²) in [4.78, 5) is 12.1. The van der Waals surface area contributed by atoms with Crippen molar-refractivity contribution in [2.45, 2.75) is 65.8 Å². The van der Waals surface area contributed by atoms with E-state index in [1.807, 2.05) is 30.3 Å². The van der Waals surface area contributed by atoms with E-state index in [-0.39, 0.29) is 11.8 Å². The van der Waals surface area contributed by atoms with Gasteiger partial charge in [-0.3, -0.25) is 4.79 Å². The summed E-state index contributed by atoms with van der Waals surface area (Å²) < 4.78 is 0. The molecule has 1 amide bonds. The van der Waals surface area contributed by atoms with Gasteiger partial charge in [0, 0.05) is 18.2 Å². The molecule has 2 aromatic rings. The Bertz CT molecular complexity index is 829. The summed E-state index contributed by atoms with van der Waals surface area (Å²) in [5.41, 5.74) is 5.39. The van der Waals surface area contributed by atoms with Gasteiger partial charge in [0.05, 0.1) is 5.69 Å². The van der Waals surface area contributed by atoms with Crippen LogP contribution in [0.4, 0.5) is 11.4 Å². The lowest BCUT2D eigenvalue weighted by Gasteiger charge is -2.18. The molecule has 0 bridgehead atoms. The van der Waals surface area contributed by atoms with E-state index in [1.165, 1.54) is 11.1 Å². The maximum absolute atomic E-state index is 12.1. The second-order valence-electron chi connectivity index (χ2n) is 8.31. The van der Waals surface area contributed by atoms with Gasteiger partial charge in [0.1, 0.15) is 5.75 Å². The van der Waals surface area contributed by atoms with Crippen LogP contribution in [-0.4, -0.2) is 11.0 Å². The Labute approximate surface area is 174 Å². The van der Waals surface area contributed by atoms with Crippen LogP contribution in [0.25, 0.3) is 0 Å². The average Bonchev–Trinajstić information content (AvgIpc) is 3.45. The molecular formula is C25H34N2O2. The first-order valence-electron chi connectivity index (χ1n) is 11.0. The lowest BCUT2D eigenvalue weighted by atomic mass is 9.96. The third-order valence-corrected chi connectivity index (χ3v) is 5.82. The summed E-state index contributed by atoms with van der Waals surface area (Å²) in [5, 5.41) is 16.9. The largest absolute Gasteiger partial charge is 0.506 e. The topological polar surface area (TPSA) is 61.4 Å². The van der Waals surface area contributed by atoms with E-state index in [4.69, 9.17) is 0 Å². The van der Waals surface area contributed by atoms with E-state index >= 15 is 0 Å². The fraction of sp³-hybridized carbons (Fsp3) is 0.480. The second kappa shape index (κ2) is 9.82. The van der Waals surface area contributed by atoms with Crippen LogP contribution in [0.3, 0.4) is 0 Å². The van der Waals surface area contributed by atoms with Crippen molar-refractivity contribution in [3.8, 4) is 5.75 Å². The molecule has 4 heteroatoms. The maximum atomic E-state index is 12.1. The Morgan fingerprint density at radius 1 is 1.07 bits per heavy atom. The van der Waals surface area contributed by atoms with Crippen LogP contribution in [-0.2, 0) is 24.2 Å². The van der Waals surface area contributed by atoms with Crippen LogP contribution in [0.5, 0.6) is 5.75 Å². The minimum atomic E-state index is 0.126. The van der Waals surface area contributed by atoms with Crippen LogP contribution < -0.4 is 10.6 Å². The number of hydrogen-bond acceptors (Lipinski definition) is 3. The number of rotatable bonds is 10. The van der Waals surface area contributed by atoms with Gasteiger partial charge in [-0.1, -0.05) is 51.8 Å². The molecule has 0 radical (unpaired) electrons. The molecule has 0 saturated heterocycles. The van der Waals surface area contributed by atoms with Crippen LogP contribution in [0, 0.1) is 11.8 Å². The van der Waals surface area contributed by atoms with E-state index in [2.05, 4.69) is 37.5 Å². The number of aryl methyl sites for hydroxylation is 1. The van der Waals surface area contributed by atoms with E-state index in [1.54, 1.807) is 0 Å². The molecule has 1 aliphatic carbocycles. The number of phenolic OH excluding ortho intramolecular Hbond substituents is 1. The molecule has 29 heavy (non-hydrogen) atoms. The number of carbonyl (C=O) groups is 1. The van der Waals surface area contributed by atoms with Crippen molar-refractivity contribution in [2.24, 2.45) is 11.8 Å². The van der Waals surface area contributed by atoms with Gasteiger partial charge in [0.15, 0.2) is 0 Å². The van der Waals surface area contributed by atoms with Crippen LogP contribution >= 0.6 is 0 Å². The third kappa shape index (κ3) is 5.53. The normalized spacial score (nSPS) is 17.8. The number of anilines is 2. The highest BCUT2D eigenvalue weighted by Gasteiger charge is 2.39. The SMILES string of the molecule is CCCCc1ccc(O)c(NCc2ccc(NC(=O)C3C[C@@H]3C)cc2)c1CCC. The smallest absolute Gasteiger partial charge is 0.227 e. The summed E-state index contributed by atoms with van der Waals surface area (Å²) in [6.07, 6.45) is 6.38. The summed E-state index contributed by atoms with van der Waals surface area (Å²) in [5.74, 6) is 1.13. The zero-order chi connectivity index (χ0) is 20.8. The highest BCUT2D eigenvalue weighted by atomic mass is 16.3. The summed E-state index contributed by atoms with van der Waals surface area (Å²) in [7, 11) is 0. The Hall–Kier alpha value is -2.49. The highest BCUT2D eigenvalue weighted by Crippen LogP contribution is 2.38. The van der Waals surface area contributed by atoms with Crippen molar-refractivity contribution in [1.82, 2.24) is 0 Å². The number of hydrogen-bond donors (Lipinski definition) is 3. The van der Waals surface area contributed by atoms with E-state index in [0.717, 1.165) is 55.5 Å². The Balaban J connectivity index is 1.66. The Morgan fingerprint density at radius 2 is 1.79 bits per heavy atom. The first-order chi connectivity index (χ1) is 14.0. The quantitative estimate of drug-likeness (QED) is 0.440. The standard InChI is InChI=1S/C25H34N2O2/c1-4-6-8-19-11-14-23(28)24(21(19)7-5-2)26-16-18-9-12-20(13-10-18)27-25(29)22-15-17(22)3/h9-14,17,22,26,28H,4-8,15-16H2,1-3H3,(H,27,29)/t17-,22?/m0/s1.